The van der Waals surface area contributed by atoms with E-state index in [0.29, 0.717) is 24.7 Å². The Hall–Kier alpha value is -1.39. The molecule has 80 valence electrons. The molecule has 1 saturated heterocycles. The molecule has 1 fully saturated rings. The molecule has 1 heterocycles. The Morgan fingerprint density at radius 1 is 1.47 bits per heavy atom. The summed E-state index contributed by atoms with van der Waals surface area (Å²) in [5.74, 6) is -0.700. The van der Waals surface area contributed by atoms with Crippen LogP contribution in [-0.4, -0.2) is 24.3 Å². The average Bonchev–Trinajstić information content (AvgIpc) is 2.15. The Morgan fingerprint density at radius 2 is 2.13 bits per heavy atom. The van der Waals surface area contributed by atoms with Gasteiger partial charge in [0.15, 0.2) is 0 Å². The van der Waals surface area contributed by atoms with Crippen molar-refractivity contribution in [2.24, 2.45) is 5.73 Å². The van der Waals surface area contributed by atoms with Gasteiger partial charge in [0.05, 0.1) is 13.2 Å². The highest BCUT2D eigenvalue weighted by Gasteiger charge is 2.26. The second-order valence-corrected chi connectivity index (χ2v) is 3.68. The molecular weight excluding hydrogens is 194 g/mol. The van der Waals surface area contributed by atoms with Crippen LogP contribution in [0.4, 0.5) is 0 Å². The van der Waals surface area contributed by atoms with Crippen LogP contribution < -0.4 is 5.73 Å². The van der Waals surface area contributed by atoms with E-state index < -0.39 is 12.0 Å². The van der Waals surface area contributed by atoms with Crippen molar-refractivity contribution in [2.45, 2.75) is 12.0 Å². The van der Waals surface area contributed by atoms with E-state index in [9.17, 15) is 4.79 Å². The predicted molar refractivity (Wildman–Crippen MR) is 54.6 cm³/mol. The van der Waals surface area contributed by atoms with Crippen LogP contribution >= 0.6 is 0 Å². The molecule has 1 unspecified atom stereocenters. The molecule has 1 aliphatic heterocycles. The molecule has 0 spiro atoms. The number of carbonyl (C=O) groups is 1. The lowest BCUT2D eigenvalue weighted by molar-refractivity contribution is -0.138. The quantitative estimate of drug-likeness (QED) is 0.771. The van der Waals surface area contributed by atoms with Crippen LogP contribution in [0.5, 0.6) is 0 Å². The number of aliphatic carboxylic acids is 1. The topological polar surface area (TPSA) is 72.6 Å². The largest absolute Gasteiger partial charge is 0.480 e. The van der Waals surface area contributed by atoms with Crippen LogP contribution in [0.2, 0.25) is 0 Å². The molecule has 0 radical (unpaired) electrons. The van der Waals surface area contributed by atoms with Crippen LogP contribution in [-0.2, 0) is 9.53 Å². The van der Waals surface area contributed by atoms with Crippen molar-refractivity contribution < 1.29 is 14.6 Å². The van der Waals surface area contributed by atoms with E-state index in [4.69, 9.17) is 15.6 Å². The summed E-state index contributed by atoms with van der Waals surface area (Å²) in [5.41, 5.74) is 7.31. The van der Waals surface area contributed by atoms with E-state index in [1.54, 1.807) is 12.1 Å². The molecule has 0 aromatic heterocycles. The number of hydrogen-bond donors (Lipinski definition) is 2. The minimum Gasteiger partial charge on any atom is -0.480 e. The van der Waals surface area contributed by atoms with Gasteiger partial charge in [-0.2, -0.15) is 0 Å². The number of carboxylic acid groups (broad SMARTS) is 1. The molecular formula is C11H13NO3. The molecule has 2 rings (SSSR count). The van der Waals surface area contributed by atoms with E-state index in [1.165, 1.54) is 0 Å². The normalized spacial score (nSPS) is 18.2. The molecule has 15 heavy (non-hydrogen) atoms. The standard InChI is InChI=1S/C11H13NO3/c12-10(11(13)14)9-4-2-1-3-8(9)7-5-15-6-7/h1-4,7,10H,5-6,12H2,(H,13,14). The second-order valence-electron chi connectivity index (χ2n) is 3.68. The van der Waals surface area contributed by atoms with Gasteiger partial charge in [-0.25, -0.2) is 0 Å². The van der Waals surface area contributed by atoms with E-state index in [0.717, 1.165) is 5.56 Å². The van der Waals surface area contributed by atoms with E-state index in [-0.39, 0.29) is 0 Å². The summed E-state index contributed by atoms with van der Waals surface area (Å²) in [6.07, 6.45) is 0. The summed E-state index contributed by atoms with van der Waals surface area (Å²) in [4.78, 5) is 10.8. The summed E-state index contributed by atoms with van der Waals surface area (Å²) < 4.78 is 5.10. The molecule has 1 atom stereocenters. The maximum atomic E-state index is 10.8. The summed E-state index contributed by atoms with van der Waals surface area (Å²) in [5, 5.41) is 8.88. The fourth-order valence-electron chi connectivity index (χ4n) is 1.71. The SMILES string of the molecule is NC(C(=O)O)c1ccccc1C1COC1. The molecule has 0 amide bonds. The van der Waals surface area contributed by atoms with Gasteiger partial charge >= 0.3 is 5.97 Å². The van der Waals surface area contributed by atoms with Crippen molar-refractivity contribution in [1.29, 1.82) is 0 Å². The van der Waals surface area contributed by atoms with Gasteiger partial charge in [-0.1, -0.05) is 24.3 Å². The fourth-order valence-corrected chi connectivity index (χ4v) is 1.71. The molecule has 1 aliphatic rings. The lowest BCUT2D eigenvalue weighted by Gasteiger charge is -2.29. The van der Waals surface area contributed by atoms with Crippen molar-refractivity contribution in [2.75, 3.05) is 13.2 Å². The first kappa shape index (κ1) is 10.1. The zero-order chi connectivity index (χ0) is 10.8. The number of benzene rings is 1. The molecule has 1 aromatic carbocycles. The Morgan fingerprint density at radius 3 is 2.67 bits per heavy atom. The van der Waals surface area contributed by atoms with E-state index >= 15 is 0 Å². The highest BCUT2D eigenvalue weighted by atomic mass is 16.5. The smallest absolute Gasteiger partial charge is 0.325 e. The van der Waals surface area contributed by atoms with Crippen LogP contribution in [0.15, 0.2) is 24.3 Å². The predicted octanol–water partition coefficient (Wildman–Crippen LogP) is 0.885. The molecule has 0 bridgehead atoms. The maximum absolute atomic E-state index is 10.8. The first-order valence-corrected chi connectivity index (χ1v) is 4.85. The van der Waals surface area contributed by atoms with Gasteiger partial charge in [-0.05, 0) is 11.1 Å². The molecule has 0 aliphatic carbocycles. The van der Waals surface area contributed by atoms with Gasteiger partial charge in [-0.15, -0.1) is 0 Å². The number of rotatable bonds is 3. The molecule has 4 nitrogen and oxygen atoms in total. The van der Waals surface area contributed by atoms with Crippen molar-refractivity contribution >= 4 is 5.97 Å². The van der Waals surface area contributed by atoms with Gasteiger partial charge in [0.2, 0.25) is 0 Å². The van der Waals surface area contributed by atoms with Gasteiger partial charge in [0.1, 0.15) is 6.04 Å². The third-order valence-corrected chi connectivity index (χ3v) is 2.68. The summed E-state index contributed by atoms with van der Waals surface area (Å²) >= 11 is 0. The number of nitrogens with two attached hydrogens (primary N) is 1. The van der Waals surface area contributed by atoms with Gasteiger partial charge < -0.3 is 15.6 Å². The summed E-state index contributed by atoms with van der Waals surface area (Å²) in [6.45, 7) is 1.31. The fraction of sp³-hybridized carbons (Fsp3) is 0.364. The van der Waals surface area contributed by atoms with Crippen LogP contribution in [0.3, 0.4) is 0 Å². The highest BCUT2D eigenvalue weighted by molar-refractivity contribution is 5.75. The minimum absolute atomic E-state index is 0.298. The third kappa shape index (κ3) is 1.86. The second kappa shape index (κ2) is 4.00. The number of hydrogen-bond acceptors (Lipinski definition) is 3. The van der Waals surface area contributed by atoms with Crippen LogP contribution in [0.25, 0.3) is 0 Å². The van der Waals surface area contributed by atoms with Crippen molar-refractivity contribution in [3.05, 3.63) is 35.4 Å². The molecule has 1 aromatic rings. The zero-order valence-corrected chi connectivity index (χ0v) is 8.22. The Bertz CT molecular complexity index is 374. The average molecular weight is 207 g/mol. The maximum Gasteiger partial charge on any atom is 0.325 e. The van der Waals surface area contributed by atoms with Gasteiger partial charge in [-0.3, -0.25) is 4.79 Å². The molecule has 0 saturated carbocycles. The van der Waals surface area contributed by atoms with E-state index in [1.807, 2.05) is 12.1 Å². The Labute approximate surface area is 87.7 Å². The monoisotopic (exact) mass is 207 g/mol. The summed E-state index contributed by atoms with van der Waals surface area (Å²) in [6, 6.07) is 6.45. The van der Waals surface area contributed by atoms with Crippen LogP contribution in [0, 0.1) is 0 Å². The highest BCUT2D eigenvalue weighted by Crippen LogP contribution is 2.29. The Kier molecular flexibility index (Phi) is 2.70. The zero-order valence-electron chi connectivity index (χ0n) is 8.22. The van der Waals surface area contributed by atoms with Crippen molar-refractivity contribution in [3.8, 4) is 0 Å². The third-order valence-electron chi connectivity index (χ3n) is 2.68. The molecule has 3 N–H and O–H groups in total. The molecule has 4 heteroatoms. The van der Waals surface area contributed by atoms with E-state index in [2.05, 4.69) is 0 Å². The number of ether oxygens (including phenoxy) is 1. The first-order valence-electron chi connectivity index (χ1n) is 4.85. The summed E-state index contributed by atoms with van der Waals surface area (Å²) in [7, 11) is 0. The minimum atomic E-state index is -0.998. The lowest BCUT2D eigenvalue weighted by atomic mass is 9.90. The van der Waals surface area contributed by atoms with Crippen LogP contribution in [0.1, 0.15) is 23.1 Å². The lowest BCUT2D eigenvalue weighted by Crippen LogP contribution is -2.29. The van der Waals surface area contributed by atoms with Gasteiger partial charge in [0.25, 0.3) is 0 Å². The first-order chi connectivity index (χ1) is 7.20. The van der Waals surface area contributed by atoms with Crippen molar-refractivity contribution in [1.82, 2.24) is 0 Å². The number of carboxylic acids is 1. The Balaban J connectivity index is 2.32. The van der Waals surface area contributed by atoms with Gasteiger partial charge in [0, 0.05) is 5.92 Å². The van der Waals surface area contributed by atoms with Crippen molar-refractivity contribution in [3.63, 3.8) is 0 Å².